The van der Waals surface area contributed by atoms with Crippen LogP contribution in [0.5, 0.6) is 0 Å². The summed E-state index contributed by atoms with van der Waals surface area (Å²) in [5.41, 5.74) is 2.26. The average molecular weight is 279 g/mol. The maximum atomic E-state index is 5.23. The molecule has 0 radical (unpaired) electrons. The molecule has 4 heteroatoms. The number of rotatable bonds is 3. The predicted octanol–water partition coefficient (Wildman–Crippen LogP) is 3.51. The van der Waals surface area contributed by atoms with E-state index in [4.69, 9.17) is 4.52 Å². The predicted molar refractivity (Wildman–Crippen MR) is 64.3 cm³/mol. The lowest BCUT2D eigenvalue weighted by molar-refractivity contribution is 0.380. The highest BCUT2D eigenvalue weighted by Crippen LogP contribution is 2.39. The molecule has 0 N–H and O–H groups in total. The molecule has 16 heavy (non-hydrogen) atoms. The van der Waals surface area contributed by atoms with Gasteiger partial charge in [-0.2, -0.15) is 4.98 Å². The van der Waals surface area contributed by atoms with Crippen molar-refractivity contribution >= 4 is 15.9 Å². The molecule has 1 saturated carbocycles. The van der Waals surface area contributed by atoms with E-state index in [1.807, 2.05) is 12.1 Å². The molecule has 1 aliphatic carbocycles. The minimum atomic E-state index is 0.517. The topological polar surface area (TPSA) is 38.9 Å². The number of alkyl halides is 1. The summed E-state index contributed by atoms with van der Waals surface area (Å²) in [6.07, 6.45) is 2.37. The summed E-state index contributed by atoms with van der Waals surface area (Å²) >= 11 is 3.42. The third kappa shape index (κ3) is 1.89. The fourth-order valence-electron chi connectivity index (χ4n) is 1.59. The quantitative estimate of drug-likeness (QED) is 0.807. The summed E-state index contributed by atoms with van der Waals surface area (Å²) in [4.78, 5) is 4.41. The Morgan fingerprint density at radius 2 is 2.00 bits per heavy atom. The van der Waals surface area contributed by atoms with Crippen LogP contribution >= 0.6 is 15.9 Å². The third-order valence-corrected chi connectivity index (χ3v) is 3.38. The summed E-state index contributed by atoms with van der Waals surface area (Å²) in [6, 6.07) is 8.19. The van der Waals surface area contributed by atoms with Crippen molar-refractivity contribution in [1.29, 1.82) is 0 Å². The van der Waals surface area contributed by atoms with Crippen LogP contribution in [-0.2, 0) is 5.33 Å². The lowest BCUT2D eigenvalue weighted by Crippen LogP contribution is -1.83. The van der Waals surface area contributed by atoms with Gasteiger partial charge in [-0.15, -0.1) is 0 Å². The maximum absolute atomic E-state index is 5.23. The second-order valence-electron chi connectivity index (χ2n) is 4.06. The molecule has 1 aromatic carbocycles. The molecule has 0 aliphatic heterocycles. The molecule has 3 nitrogen and oxygen atoms in total. The Morgan fingerprint density at radius 1 is 1.25 bits per heavy atom. The molecular formula is C12H11BrN2O. The van der Waals surface area contributed by atoms with Gasteiger partial charge >= 0.3 is 0 Å². The first-order valence-electron chi connectivity index (χ1n) is 5.35. The van der Waals surface area contributed by atoms with Crippen LogP contribution < -0.4 is 0 Å². The van der Waals surface area contributed by atoms with Gasteiger partial charge in [-0.25, -0.2) is 0 Å². The average Bonchev–Trinajstić information content (AvgIpc) is 3.08. The molecular weight excluding hydrogens is 268 g/mol. The fourth-order valence-corrected chi connectivity index (χ4v) is 1.97. The molecule has 0 amide bonds. The van der Waals surface area contributed by atoms with Gasteiger partial charge in [0.1, 0.15) is 0 Å². The van der Waals surface area contributed by atoms with E-state index in [2.05, 4.69) is 38.2 Å². The van der Waals surface area contributed by atoms with E-state index in [0.717, 1.165) is 16.8 Å². The van der Waals surface area contributed by atoms with Crippen molar-refractivity contribution in [2.75, 3.05) is 0 Å². The zero-order valence-corrected chi connectivity index (χ0v) is 10.3. The Labute approximate surface area is 102 Å². The standard InChI is InChI=1S/C12H11BrN2O/c13-7-8-1-3-9(4-2-8)11-14-12(16-15-11)10-5-6-10/h1-4,10H,5-7H2. The number of benzene rings is 1. The molecule has 1 heterocycles. The SMILES string of the molecule is BrCc1ccc(-c2noc(C3CC3)n2)cc1. The summed E-state index contributed by atoms with van der Waals surface area (Å²) < 4.78 is 5.23. The van der Waals surface area contributed by atoms with Gasteiger partial charge < -0.3 is 4.52 Å². The third-order valence-electron chi connectivity index (χ3n) is 2.73. The molecule has 0 bridgehead atoms. The van der Waals surface area contributed by atoms with Crippen molar-refractivity contribution in [2.24, 2.45) is 0 Å². The molecule has 1 fully saturated rings. The smallest absolute Gasteiger partial charge is 0.230 e. The van der Waals surface area contributed by atoms with Crippen LogP contribution in [0.4, 0.5) is 0 Å². The van der Waals surface area contributed by atoms with Crippen LogP contribution in [0.1, 0.15) is 30.2 Å². The van der Waals surface area contributed by atoms with E-state index in [1.54, 1.807) is 0 Å². The minimum Gasteiger partial charge on any atom is -0.339 e. The fraction of sp³-hybridized carbons (Fsp3) is 0.333. The Hall–Kier alpha value is -1.16. The van der Waals surface area contributed by atoms with Crippen molar-refractivity contribution in [3.8, 4) is 11.4 Å². The van der Waals surface area contributed by atoms with Crippen molar-refractivity contribution in [1.82, 2.24) is 10.1 Å². The molecule has 0 spiro atoms. The summed E-state index contributed by atoms with van der Waals surface area (Å²) in [6.45, 7) is 0. The van der Waals surface area contributed by atoms with E-state index in [-0.39, 0.29) is 0 Å². The van der Waals surface area contributed by atoms with Crippen LogP contribution in [0, 0.1) is 0 Å². The molecule has 1 aromatic heterocycles. The Kier molecular flexibility index (Phi) is 2.52. The van der Waals surface area contributed by atoms with Gasteiger partial charge in [-0.05, 0) is 18.4 Å². The Balaban J connectivity index is 1.88. The van der Waals surface area contributed by atoms with Gasteiger partial charge in [0.05, 0.1) is 0 Å². The van der Waals surface area contributed by atoms with E-state index < -0.39 is 0 Å². The normalized spacial score (nSPS) is 15.3. The van der Waals surface area contributed by atoms with Crippen molar-refractivity contribution in [3.05, 3.63) is 35.7 Å². The number of hydrogen-bond acceptors (Lipinski definition) is 3. The van der Waals surface area contributed by atoms with Gasteiger partial charge in [-0.3, -0.25) is 0 Å². The first-order chi connectivity index (χ1) is 7.86. The van der Waals surface area contributed by atoms with Crippen LogP contribution in [0.3, 0.4) is 0 Å². The van der Waals surface area contributed by atoms with Crippen LogP contribution in [0.25, 0.3) is 11.4 Å². The highest BCUT2D eigenvalue weighted by Gasteiger charge is 2.29. The number of nitrogens with zero attached hydrogens (tertiary/aromatic N) is 2. The number of halogens is 1. The van der Waals surface area contributed by atoms with E-state index >= 15 is 0 Å². The molecule has 0 atom stereocenters. The van der Waals surface area contributed by atoms with Gasteiger partial charge in [0, 0.05) is 16.8 Å². The highest BCUT2D eigenvalue weighted by atomic mass is 79.9. The second kappa shape index (κ2) is 4.01. The van der Waals surface area contributed by atoms with E-state index in [0.29, 0.717) is 11.7 Å². The Morgan fingerprint density at radius 3 is 2.62 bits per heavy atom. The van der Waals surface area contributed by atoms with Crippen molar-refractivity contribution in [2.45, 2.75) is 24.1 Å². The number of hydrogen-bond donors (Lipinski definition) is 0. The summed E-state index contributed by atoms with van der Waals surface area (Å²) in [5.74, 6) is 2.01. The highest BCUT2D eigenvalue weighted by molar-refractivity contribution is 9.08. The minimum absolute atomic E-state index is 0.517. The van der Waals surface area contributed by atoms with Crippen molar-refractivity contribution in [3.63, 3.8) is 0 Å². The lowest BCUT2D eigenvalue weighted by Gasteiger charge is -1.96. The van der Waals surface area contributed by atoms with Crippen LogP contribution in [0.2, 0.25) is 0 Å². The maximum Gasteiger partial charge on any atom is 0.230 e. The first-order valence-corrected chi connectivity index (χ1v) is 6.48. The van der Waals surface area contributed by atoms with E-state index in [1.165, 1.54) is 18.4 Å². The molecule has 0 unspecified atom stereocenters. The molecule has 3 rings (SSSR count). The zero-order chi connectivity index (χ0) is 11.0. The van der Waals surface area contributed by atoms with E-state index in [9.17, 15) is 0 Å². The van der Waals surface area contributed by atoms with Crippen LogP contribution in [0.15, 0.2) is 28.8 Å². The summed E-state index contributed by atoms with van der Waals surface area (Å²) in [7, 11) is 0. The number of aromatic nitrogens is 2. The van der Waals surface area contributed by atoms with Crippen molar-refractivity contribution < 1.29 is 4.52 Å². The van der Waals surface area contributed by atoms with Crippen LogP contribution in [-0.4, -0.2) is 10.1 Å². The second-order valence-corrected chi connectivity index (χ2v) is 4.62. The van der Waals surface area contributed by atoms with Gasteiger partial charge in [0.15, 0.2) is 0 Å². The summed E-state index contributed by atoms with van der Waals surface area (Å²) in [5, 5.41) is 4.87. The Bertz CT molecular complexity index is 488. The van der Waals surface area contributed by atoms with Gasteiger partial charge in [0.25, 0.3) is 0 Å². The molecule has 2 aromatic rings. The zero-order valence-electron chi connectivity index (χ0n) is 8.69. The first kappa shape index (κ1) is 10.0. The largest absolute Gasteiger partial charge is 0.339 e. The molecule has 0 saturated heterocycles. The van der Waals surface area contributed by atoms with Gasteiger partial charge in [0.2, 0.25) is 11.7 Å². The molecule has 82 valence electrons. The lowest BCUT2D eigenvalue weighted by atomic mass is 10.1. The monoisotopic (exact) mass is 278 g/mol. The molecule has 1 aliphatic rings. The van der Waals surface area contributed by atoms with Gasteiger partial charge in [-0.1, -0.05) is 45.4 Å².